The maximum atomic E-state index is 6.04. The topological polar surface area (TPSA) is 95.6 Å². The van der Waals surface area contributed by atoms with Crippen LogP contribution in [0, 0.1) is 13.8 Å². The molecule has 4 rings (SSSR count). The summed E-state index contributed by atoms with van der Waals surface area (Å²) in [5.74, 6) is 1.83. The average molecular weight is 456 g/mol. The van der Waals surface area contributed by atoms with Gasteiger partial charge in [0.05, 0.1) is 12.8 Å². The molecule has 1 fully saturated rings. The second-order valence-corrected chi connectivity index (χ2v) is 9.05. The van der Waals surface area contributed by atoms with Crippen LogP contribution in [-0.2, 0) is 0 Å². The second kappa shape index (κ2) is 9.70. The average Bonchev–Trinajstić information content (AvgIpc) is 3.10. The number of hydrogen-bond donors (Lipinski definition) is 1. The van der Waals surface area contributed by atoms with Gasteiger partial charge in [0.15, 0.2) is 11.5 Å². The number of nitrogens with zero attached hydrogens (tertiary/aromatic N) is 4. The van der Waals surface area contributed by atoms with E-state index in [0.717, 1.165) is 58.0 Å². The third kappa shape index (κ3) is 5.11. The molecule has 1 aliphatic rings. The first kappa shape index (κ1) is 22.3. The van der Waals surface area contributed by atoms with Crippen molar-refractivity contribution in [1.82, 2.24) is 19.9 Å². The Bertz CT molecular complexity index is 1060. The molecule has 9 heteroatoms. The SMILES string of the molecule is COc1ccc(-c2nc([C@@H](C)Oc3nc(C)cc(N)n3)c(C)s2)cc1OCCN1CCC1. The lowest BCUT2D eigenvalue weighted by Gasteiger charge is -2.30. The highest BCUT2D eigenvalue weighted by Gasteiger charge is 2.20. The van der Waals surface area contributed by atoms with Crippen molar-refractivity contribution in [3.05, 3.63) is 40.5 Å². The van der Waals surface area contributed by atoms with E-state index in [2.05, 4.69) is 14.9 Å². The largest absolute Gasteiger partial charge is 0.493 e. The highest BCUT2D eigenvalue weighted by molar-refractivity contribution is 7.15. The molecule has 3 aromatic rings. The Morgan fingerprint density at radius 2 is 1.94 bits per heavy atom. The van der Waals surface area contributed by atoms with Gasteiger partial charge in [0.2, 0.25) is 0 Å². The van der Waals surface area contributed by atoms with Gasteiger partial charge in [-0.3, -0.25) is 4.90 Å². The fourth-order valence-electron chi connectivity index (χ4n) is 3.55. The maximum Gasteiger partial charge on any atom is 0.319 e. The van der Waals surface area contributed by atoms with Crippen molar-refractivity contribution in [2.75, 3.05) is 39.1 Å². The molecule has 32 heavy (non-hydrogen) atoms. The highest BCUT2D eigenvalue weighted by Crippen LogP contribution is 2.36. The van der Waals surface area contributed by atoms with E-state index in [-0.39, 0.29) is 12.1 Å². The Balaban J connectivity index is 1.51. The molecule has 3 heterocycles. The molecule has 0 aliphatic carbocycles. The molecule has 1 saturated heterocycles. The number of ether oxygens (including phenoxy) is 3. The second-order valence-electron chi connectivity index (χ2n) is 7.85. The van der Waals surface area contributed by atoms with Crippen LogP contribution in [-0.4, -0.2) is 53.2 Å². The van der Waals surface area contributed by atoms with Gasteiger partial charge >= 0.3 is 6.01 Å². The van der Waals surface area contributed by atoms with E-state index in [1.165, 1.54) is 6.42 Å². The van der Waals surface area contributed by atoms with E-state index in [0.29, 0.717) is 12.4 Å². The third-order valence-electron chi connectivity index (χ3n) is 5.38. The Labute approximate surface area is 192 Å². The summed E-state index contributed by atoms with van der Waals surface area (Å²) in [6, 6.07) is 7.88. The Hall–Kier alpha value is -2.91. The maximum absolute atomic E-state index is 6.04. The molecule has 0 radical (unpaired) electrons. The van der Waals surface area contributed by atoms with Gasteiger partial charge in [0, 0.05) is 28.7 Å². The van der Waals surface area contributed by atoms with E-state index in [1.54, 1.807) is 24.5 Å². The lowest BCUT2D eigenvalue weighted by atomic mass is 10.2. The summed E-state index contributed by atoms with van der Waals surface area (Å²) in [7, 11) is 1.65. The molecule has 0 unspecified atom stereocenters. The fraction of sp³-hybridized carbons (Fsp3) is 0.435. The van der Waals surface area contributed by atoms with Gasteiger partial charge in [0.1, 0.15) is 23.5 Å². The standard InChI is InChI=1S/C23H29N5O3S/c1-14-12-20(24)26-23(25-14)31-15(2)21-16(3)32-22(27-21)17-6-7-18(29-4)19(13-17)30-11-10-28-8-5-9-28/h6-7,12-13,15H,5,8-11H2,1-4H3,(H2,24,25,26)/t15-/m1/s1. The van der Waals surface area contributed by atoms with Gasteiger partial charge in [-0.15, -0.1) is 11.3 Å². The van der Waals surface area contributed by atoms with Gasteiger partial charge in [-0.25, -0.2) is 9.97 Å². The molecule has 2 N–H and O–H groups in total. The molecular weight excluding hydrogens is 426 g/mol. The van der Waals surface area contributed by atoms with Gasteiger partial charge in [-0.1, -0.05) is 0 Å². The van der Waals surface area contributed by atoms with E-state index in [9.17, 15) is 0 Å². The Morgan fingerprint density at radius 3 is 2.62 bits per heavy atom. The number of hydrogen-bond acceptors (Lipinski definition) is 9. The number of aromatic nitrogens is 3. The minimum atomic E-state index is -0.313. The lowest BCUT2D eigenvalue weighted by molar-refractivity contribution is 0.145. The van der Waals surface area contributed by atoms with E-state index < -0.39 is 0 Å². The van der Waals surface area contributed by atoms with Crippen LogP contribution in [0.4, 0.5) is 5.82 Å². The van der Waals surface area contributed by atoms with Crippen LogP contribution in [0.5, 0.6) is 17.5 Å². The van der Waals surface area contributed by atoms with E-state index in [1.807, 2.05) is 39.0 Å². The quantitative estimate of drug-likeness (QED) is 0.517. The fourth-order valence-corrected chi connectivity index (χ4v) is 4.55. The van der Waals surface area contributed by atoms with Crippen LogP contribution in [0.3, 0.4) is 0 Å². The Morgan fingerprint density at radius 1 is 1.12 bits per heavy atom. The molecular formula is C23H29N5O3S. The van der Waals surface area contributed by atoms with Crippen LogP contribution < -0.4 is 19.9 Å². The van der Waals surface area contributed by atoms with E-state index >= 15 is 0 Å². The summed E-state index contributed by atoms with van der Waals surface area (Å²) in [4.78, 5) is 16.8. The first-order valence-electron chi connectivity index (χ1n) is 10.7. The normalized spacial score (nSPS) is 14.6. The zero-order valence-corrected chi connectivity index (χ0v) is 19.7. The minimum Gasteiger partial charge on any atom is -0.493 e. The summed E-state index contributed by atoms with van der Waals surface area (Å²) in [6.07, 6.45) is 0.961. The predicted octanol–water partition coefficient (Wildman–Crippen LogP) is 4.03. The van der Waals surface area contributed by atoms with Gasteiger partial charge in [0.25, 0.3) is 0 Å². The van der Waals surface area contributed by atoms with E-state index in [4.69, 9.17) is 24.9 Å². The van der Waals surface area contributed by atoms with Crippen LogP contribution in [0.2, 0.25) is 0 Å². The zero-order valence-electron chi connectivity index (χ0n) is 18.9. The van der Waals surface area contributed by atoms with Crippen LogP contribution in [0.25, 0.3) is 10.6 Å². The molecule has 0 saturated carbocycles. The molecule has 0 spiro atoms. The molecule has 170 valence electrons. The molecule has 0 amide bonds. The number of likely N-dealkylation sites (tertiary alicyclic amines) is 1. The van der Waals surface area contributed by atoms with Gasteiger partial charge in [-0.2, -0.15) is 4.98 Å². The van der Waals surface area contributed by atoms with Crippen molar-refractivity contribution in [1.29, 1.82) is 0 Å². The highest BCUT2D eigenvalue weighted by atomic mass is 32.1. The number of benzene rings is 1. The van der Waals surface area contributed by atoms with Crippen LogP contribution in [0.15, 0.2) is 24.3 Å². The van der Waals surface area contributed by atoms with Crippen molar-refractivity contribution in [3.63, 3.8) is 0 Å². The third-order valence-corrected chi connectivity index (χ3v) is 6.41. The molecule has 0 bridgehead atoms. The van der Waals surface area contributed by atoms with Crippen molar-refractivity contribution < 1.29 is 14.2 Å². The number of aryl methyl sites for hydroxylation is 2. The smallest absolute Gasteiger partial charge is 0.319 e. The number of anilines is 1. The summed E-state index contributed by atoms with van der Waals surface area (Å²) < 4.78 is 17.5. The number of thiazole rings is 1. The number of nitrogens with two attached hydrogens (primary N) is 1. The minimum absolute atomic E-state index is 0.256. The molecule has 1 aromatic carbocycles. The lowest BCUT2D eigenvalue weighted by Crippen LogP contribution is -2.39. The van der Waals surface area contributed by atoms with Crippen LogP contribution in [0.1, 0.15) is 35.7 Å². The Kier molecular flexibility index (Phi) is 6.76. The predicted molar refractivity (Wildman–Crippen MR) is 126 cm³/mol. The van der Waals surface area contributed by atoms with Crippen molar-refractivity contribution >= 4 is 17.2 Å². The van der Waals surface area contributed by atoms with Crippen LogP contribution >= 0.6 is 11.3 Å². The summed E-state index contributed by atoms with van der Waals surface area (Å²) in [6.45, 7) is 9.70. The zero-order chi connectivity index (χ0) is 22.7. The van der Waals surface area contributed by atoms with Gasteiger partial charge in [-0.05, 0) is 58.5 Å². The molecule has 2 aromatic heterocycles. The number of nitrogen functional groups attached to an aromatic ring is 1. The summed E-state index contributed by atoms with van der Waals surface area (Å²) in [5.41, 5.74) is 8.40. The molecule has 8 nitrogen and oxygen atoms in total. The summed E-state index contributed by atoms with van der Waals surface area (Å²) >= 11 is 1.62. The molecule has 1 atom stereocenters. The van der Waals surface area contributed by atoms with Crippen molar-refractivity contribution in [2.24, 2.45) is 0 Å². The monoisotopic (exact) mass is 455 g/mol. The summed E-state index contributed by atoms with van der Waals surface area (Å²) in [5, 5.41) is 0.896. The first-order valence-corrected chi connectivity index (χ1v) is 11.5. The van der Waals surface area contributed by atoms with Gasteiger partial charge < -0.3 is 19.9 Å². The molecule has 1 aliphatic heterocycles. The number of rotatable bonds is 9. The number of methoxy groups -OCH3 is 1. The van der Waals surface area contributed by atoms with Crippen molar-refractivity contribution in [2.45, 2.75) is 33.3 Å². The first-order chi connectivity index (χ1) is 15.4. The van der Waals surface area contributed by atoms with Crippen molar-refractivity contribution in [3.8, 4) is 28.1 Å².